The maximum absolute atomic E-state index is 14.2. The highest BCUT2D eigenvalue weighted by Gasteiger charge is 2.62. The molecule has 2 N–H and O–H groups in total. The molecule has 0 spiro atoms. The second-order valence-electron chi connectivity index (χ2n) is 12.2. The molecule has 1 aliphatic heterocycles. The van der Waals surface area contributed by atoms with Crippen LogP contribution in [0.2, 0.25) is 0 Å². The van der Waals surface area contributed by atoms with E-state index in [1.807, 2.05) is 121 Å². The summed E-state index contributed by atoms with van der Waals surface area (Å²) >= 11 is 0. The summed E-state index contributed by atoms with van der Waals surface area (Å²) in [5.41, 5.74) is 1.12. The van der Waals surface area contributed by atoms with Crippen molar-refractivity contribution in [2.45, 2.75) is 57.1 Å². The van der Waals surface area contributed by atoms with Gasteiger partial charge in [0, 0.05) is 26.1 Å². The summed E-state index contributed by atoms with van der Waals surface area (Å²) < 4.78 is 75.6. The standard InChI is InChI=1S/C38H46O12P2/c1-3-43-37(30-49-52(42,47-27-34-21-13-7-14-22-34)48-28-35-23-15-8-16-24-35)29-46-38(31-45-37,44-4-2)36(50-51(39,40)41,25-32-17-9-5-10-18-32)26-33-19-11-6-12-20-33/h5-24H,3-4,25-31H2,1-2H3,(H2,39,40,41). The van der Waals surface area contributed by atoms with Crippen molar-refractivity contribution in [3.8, 4) is 0 Å². The molecule has 52 heavy (non-hydrogen) atoms. The first-order valence-electron chi connectivity index (χ1n) is 17.0. The fraction of sp³-hybridized carbons (Fsp3) is 0.368. The number of phosphoric acid groups is 2. The fourth-order valence-electron chi connectivity index (χ4n) is 6.01. The maximum Gasteiger partial charge on any atom is 0.475 e. The quantitative estimate of drug-likeness (QED) is 0.0867. The van der Waals surface area contributed by atoms with E-state index < -0.39 is 46.0 Å². The minimum atomic E-state index is -5.18. The van der Waals surface area contributed by atoms with Crippen LogP contribution in [0, 0.1) is 0 Å². The van der Waals surface area contributed by atoms with Crippen LogP contribution in [-0.2, 0) is 72.2 Å². The predicted molar refractivity (Wildman–Crippen MR) is 193 cm³/mol. The Morgan fingerprint density at radius 1 is 0.615 bits per heavy atom. The van der Waals surface area contributed by atoms with E-state index in [9.17, 15) is 18.9 Å². The number of rotatable bonds is 20. The normalized spacial score (nSPS) is 19.8. The van der Waals surface area contributed by atoms with Crippen LogP contribution >= 0.6 is 15.6 Å². The molecule has 2 atom stereocenters. The molecule has 0 aromatic heterocycles. The predicted octanol–water partition coefficient (Wildman–Crippen LogP) is 7.39. The Balaban J connectivity index is 1.45. The highest BCUT2D eigenvalue weighted by molar-refractivity contribution is 7.48. The third-order valence-corrected chi connectivity index (χ3v) is 10.3. The summed E-state index contributed by atoms with van der Waals surface area (Å²) in [4.78, 5) is 20.8. The van der Waals surface area contributed by atoms with Gasteiger partial charge in [-0.05, 0) is 36.1 Å². The molecule has 4 aromatic rings. The van der Waals surface area contributed by atoms with Crippen molar-refractivity contribution in [1.82, 2.24) is 0 Å². The molecule has 0 amide bonds. The highest BCUT2D eigenvalue weighted by Crippen LogP contribution is 2.54. The van der Waals surface area contributed by atoms with Crippen molar-refractivity contribution in [3.63, 3.8) is 0 Å². The van der Waals surface area contributed by atoms with Crippen LogP contribution in [0.4, 0.5) is 0 Å². The van der Waals surface area contributed by atoms with Gasteiger partial charge in [-0.2, -0.15) is 0 Å². The molecule has 4 aromatic carbocycles. The van der Waals surface area contributed by atoms with Gasteiger partial charge < -0.3 is 28.7 Å². The average Bonchev–Trinajstić information content (AvgIpc) is 3.15. The van der Waals surface area contributed by atoms with Gasteiger partial charge in [0.05, 0.1) is 13.2 Å². The summed E-state index contributed by atoms with van der Waals surface area (Å²) in [6.07, 6.45) is -0.0453. The lowest BCUT2D eigenvalue weighted by Gasteiger charge is -2.53. The van der Waals surface area contributed by atoms with E-state index in [1.54, 1.807) is 13.8 Å². The zero-order valence-electron chi connectivity index (χ0n) is 29.3. The van der Waals surface area contributed by atoms with Crippen molar-refractivity contribution in [3.05, 3.63) is 144 Å². The summed E-state index contributed by atoms with van der Waals surface area (Å²) in [6.45, 7) is 2.36. The number of ether oxygens (including phenoxy) is 4. The van der Waals surface area contributed by atoms with Crippen LogP contribution in [0.15, 0.2) is 121 Å². The molecule has 1 heterocycles. The third kappa shape index (κ3) is 11.0. The van der Waals surface area contributed by atoms with Crippen molar-refractivity contribution in [2.24, 2.45) is 0 Å². The van der Waals surface area contributed by atoms with E-state index in [2.05, 4.69) is 0 Å². The van der Waals surface area contributed by atoms with Crippen LogP contribution < -0.4 is 0 Å². The number of phosphoric ester groups is 2. The molecule has 0 saturated carbocycles. The fourth-order valence-corrected chi connectivity index (χ4v) is 7.92. The van der Waals surface area contributed by atoms with Gasteiger partial charge in [-0.15, -0.1) is 0 Å². The van der Waals surface area contributed by atoms with Crippen LogP contribution in [0.25, 0.3) is 0 Å². The molecule has 1 aliphatic rings. The molecule has 12 nitrogen and oxygen atoms in total. The smallest absolute Gasteiger partial charge is 0.346 e. The van der Waals surface area contributed by atoms with E-state index in [4.69, 9.17) is 37.0 Å². The van der Waals surface area contributed by atoms with Crippen LogP contribution in [0.1, 0.15) is 36.1 Å². The third-order valence-electron chi connectivity index (χ3n) is 8.40. The lowest BCUT2D eigenvalue weighted by molar-refractivity contribution is -0.421. The Bertz CT molecular complexity index is 1640. The zero-order valence-corrected chi connectivity index (χ0v) is 31.1. The van der Waals surface area contributed by atoms with Gasteiger partial charge in [-0.25, -0.2) is 9.13 Å². The molecular formula is C38H46O12P2. The lowest BCUT2D eigenvalue weighted by atomic mass is 9.80. The highest BCUT2D eigenvalue weighted by atomic mass is 31.2. The van der Waals surface area contributed by atoms with Gasteiger partial charge in [0.25, 0.3) is 0 Å². The molecule has 1 fully saturated rings. The van der Waals surface area contributed by atoms with Gasteiger partial charge in [-0.3, -0.25) is 18.1 Å². The SMILES string of the molecule is CCOC1(COP(=O)(OCc2ccccc2)OCc2ccccc2)COC(OCC)(C(Cc2ccccc2)(Cc2ccccc2)OP(=O)(O)O)CO1. The van der Waals surface area contributed by atoms with E-state index >= 15 is 0 Å². The second kappa shape index (κ2) is 18.3. The van der Waals surface area contributed by atoms with Crippen molar-refractivity contribution >= 4 is 15.6 Å². The molecule has 14 heteroatoms. The van der Waals surface area contributed by atoms with Crippen LogP contribution in [0.5, 0.6) is 0 Å². The van der Waals surface area contributed by atoms with Gasteiger partial charge in [0.2, 0.25) is 11.6 Å². The Morgan fingerprint density at radius 2 is 1.06 bits per heavy atom. The number of hydrogen-bond donors (Lipinski definition) is 2. The van der Waals surface area contributed by atoms with Crippen LogP contribution in [-0.4, -0.2) is 60.0 Å². The molecule has 5 rings (SSSR count). The van der Waals surface area contributed by atoms with E-state index in [1.165, 1.54) is 0 Å². The first-order chi connectivity index (χ1) is 25.0. The van der Waals surface area contributed by atoms with Gasteiger partial charge in [0.15, 0.2) is 0 Å². The summed E-state index contributed by atoms with van der Waals surface area (Å²) in [5.74, 6) is -3.52. The summed E-state index contributed by atoms with van der Waals surface area (Å²) in [6, 6.07) is 36.6. The molecule has 2 unspecified atom stereocenters. The molecular weight excluding hydrogens is 710 g/mol. The molecule has 0 bridgehead atoms. The minimum Gasteiger partial charge on any atom is -0.346 e. The Hall–Kier alpha value is -3.06. The summed E-state index contributed by atoms with van der Waals surface area (Å²) in [5, 5.41) is 0. The monoisotopic (exact) mass is 756 g/mol. The molecule has 1 saturated heterocycles. The Kier molecular flexibility index (Phi) is 14.1. The molecule has 0 aliphatic carbocycles. The largest absolute Gasteiger partial charge is 0.475 e. The molecule has 0 radical (unpaired) electrons. The zero-order chi connectivity index (χ0) is 37.0. The Morgan fingerprint density at radius 3 is 1.44 bits per heavy atom. The van der Waals surface area contributed by atoms with E-state index in [0.717, 1.165) is 11.1 Å². The van der Waals surface area contributed by atoms with Crippen molar-refractivity contribution in [1.29, 1.82) is 0 Å². The lowest BCUT2D eigenvalue weighted by Crippen LogP contribution is -2.69. The first kappa shape index (κ1) is 40.1. The maximum atomic E-state index is 14.2. The number of benzene rings is 4. The number of hydrogen-bond acceptors (Lipinski definition) is 10. The molecule has 280 valence electrons. The minimum absolute atomic E-state index is 0.0226. The average molecular weight is 757 g/mol. The van der Waals surface area contributed by atoms with Crippen LogP contribution in [0.3, 0.4) is 0 Å². The Labute approximate surface area is 304 Å². The van der Waals surface area contributed by atoms with E-state index in [0.29, 0.717) is 11.1 Å². The van der Waals surface area contributed by atoms with E-state index in [-0.39, 0.29) is 45.9 Å². The van der Waals surface area contributed by atoms with Gasteiger partial charge >= 0.3 is 15.6 Å². The summed E-state index contributed by atoms with van der Waals surface area (Å²) in [7, 11) is -9.44. The van der Waals surface area contributed by atoms with Crippen molar-refractivity contribution in [2.75, 3.05) is 33.0 Å². The van der Waals surface area contributed by atoms with Crippen molar-refractivity contribution < 1.29 is 56.0 Å². The van der Waals surface area contributed by atoms with Gasteiger partial charge in [-0.1, -0.05) is 121 Å². The second-order valence-corrected chi connectivity index (χ2v) is 15.1. The first-order valence-corrected chi connectivity index (χ1v) is 20.0. The topological polar surface area (TPSA) is 148 Å². The van der Waals surface area contributed by atoms with Gasteiger partial charge in [0.1, 0.15) is 25.4 Å².